The zero-order valence-corrected chi connectivity index (χ0v) is 66.2. The fraction of sp³-hybridized carbons (Fsp3) is 0.688. The molecule has 13 heterocycles. The van der Waals surface area contributed by atoms with Crippen LogP contribution in [0.2, 0.25) is 0 Å². The Morgan fingerprint density at radius 2 is 1.38 bits per heavy atom. The molecule has 34 nitrogen and oxygen atoms in total. The zero-order valence-electron chi connectivity index (χ0n) is 65.4. The van der Waals surface area contributed by atoms with Crippen molar-refractivity contribution in [3.8, 4) is 6.07 Å². The molecule has 630 valence electrons. The summed E-state index contributed by atoms with van der Waals surface area (Å²) in [5, 5.41) is 34.3. The number of methoxy groups -OCH3 is 1. The number of aromatic nitrogens is 4. The van der Waals surface area contributed by atoms with E-state index < -0.39 is 82.4 Å². The SMILES string of the molecule is C=C1C[C@@H]2CC[C@@]34C[C@H]5O[C@@H]6C(O[C@H]7CC[C@H](CC(=O)C[C@H]8C(C[C@H]9O[C@@H](CC[C@@H]1O2)C[C@@H](C)C9=C)O[C@H](C[C@H](O)CNC(=O)OCc1ccc(N(CCOCCOCCOCCn2cc(COCCOCCOCCOCCNC(=O)CCN9C(=O)C=CC9=O)nn2)S(=O)(=O)c2ccc(C#N)cn2)cc1)[C@@H]8OC)O[C@@H]7[C@@H]6O3)[C@@H]5O4. The highest BCUT2D eigenvalue weighted by Gasteiger charge is 2.69. The molecular weight excluding hydrogens is 1520 g/mol. The maximum Gasteiger partial charge on any atom is 0.407 e. The molecule has 11 aliphatic heterocycles. The molecule has 0 aliphatic carbocycles. The van der Waals surface area contributed by atoms with E-state index in [0.29, 0.717) is 103 Å². The first-order chi connectivity index (χ1) is 55.8. The second-order valence-corrected chi connectivity index (χ2v) is 32.7. The Morgan fingerprint density at radius 1 is 0.704 bits per heavy atom. The first-order valence-electron chi connectivity index (χ1n) is 40.3. The molecule has 11 aliphatic rings. The summed E-state index contributed by atoms with van der Waals surface area (Å²) in [5.74, 6) is -2.27. The highest BCUT2D eigenvalue weighted by atomic mass is 32.2. The summed E-state index contributed by atoms with van der Waals surface area (Å²) in [4.78, 5) is 68.1. The van der Waals surface area contributed by atoms with Gasteiger partial charge in [-0.05, 0) is 91.8 Å². The molecule has 1 spiro atoms. The van der Waals surface area contributed by atoms with E-state index in [2.05, 4.69) is 46.0 Å². The summed E-state index contributed by atoms with van der Waals surface area (Å²) in [6, 6.07) is 11.0. The van der Waals surface area contributed by atoms with E-state index >= 15 is 0 Å². The van der Waals surface area contributed by atoms with E-state index in [9.17, 15) is 42.8 Å². The van der Waals surface area contributed by atoms with Crippen LogP contribution in [0.5, 0.6) is 0 Å². The number of fused-ring (bicyclic) bond motifs is 6. The number of pyridine rings is 1. The first kappa shape index (κ1) is 85.7. The van der Waals surface area contributed by atoms with Crippen LogP contribution < -0.4 is 14.9 Å². The van der Waals surface area contributed by atoms with E-state index in [-0.39, 0.29) is 187 Å². The van der Waals surface area contributed by atoms with Gasteiger partial charge in [0.2, 0.25) is 5.91 Å². The van der Waals surface area contributed by atoms with E-state index in [0.717, 1.165) is 52.5 Å². The van der Waals surface area contributed by atoms with Gasteiger partial charge in [-0.1, -0.05) is 37.4 Å². The number of anilines is 1. The van der Waals surface area contributed by atoms with Crippen molar-refractivity contribution < 1.29 is 118 Å². The number of aliphatic hydroxyl groups excluding tert-OH is 1. The van der Waals surface area contributed by atoms with Gasteiger partial charge in [-0.25, -0.2) is 14.5 Å². The third kappa shape index (κ3) is 22.6. The molecular formula is C80H109N9O25S. The molecule has 115 heavy (non-hydrogen) atoms. The molecule has 14 rings (SSSR count). The van der Waals surface area contributed by atoms with Gasteiger partial charge in [0.15, 0.2) is 10.8 Å². The van der Waals surface area contributed by atoms with Gasteiger partial charge in [-0.15, -0.1) is 5.10 Å². The molecule has 10 fully saturated rings. The molecule has 10 saturated heterocycles. The predicted molar refractivity (Wildman–Crippen MR) is 403 cm³/mol. The van der Waals surface area contributed by atoms with Crippen molar-refractivity contribution in [3.05, 3.63) is 102 Å². The number of nitrogens with zero attached hydrogens (tertiary/aromatic N) is 7. The molecule has 12 bridgehead atoms. The number of amides is 4. The maximum absolute atomic E-state index is 14.6. The molecule has 3 aromatic rings. The molecule has 4 amide bonds. The van der Waals surface area contributed by atoms with E-state index in [1.165, 1.54) is 30.5 Å². The van der Waals surface area contributed by atoms with Gasteiger partial charge < -0.3 is 96.3 Å². The second-order valence-electron chi connectivity index (χ2n) is 30.8. The summed E-state index contributed by atoms with van der Waals surface area (Å²) in [5.41, 5.74) is 3.67. The average molecular weight is 1630 g/mol. The van der Waals surface area contributed by atoms with Crippen molar-refractivity contribution in [3.63, 3.8) is 0 Å². The minimum Gasteiger partial charge on any atom is -0.445 e. The van der Waals surface area contributed by atoms with Gasteiger partial charge in [0.25, 0.3) is 21.8 Å². The Hall–Kier alpha value is -7.16. The number of Topliss-reactive ketones (excluding diaryl/α,β-unsaturated/α-hetero) is 1. The summed E-state index contributed by atoms with van der Waals surface area (Å²) >= 11 is 0. The molecule has 35 heteroatoms. The number of ether oxygens (including phenoxy) is 17. The molecule has 2 aromatic heterocycles. The molecule has 0 saturated carbocycles. The number of nitrogens with one attached hydrogen (secondary N) is 2. The summed E-state index contributed by atoms with van der Waals surface area (Å²) < 4.78 is 137. The number of imide groups is 1. The molecule has 3 N–H and O–H groups in total. The van der Waals surface area contributed by atoms with Crippen LogP contribution in [0, 0.1) is 23.2 Å². The van der Waals surface area contributed by atoms with Crippen molar-refractivity contribution in [1.82, 2.24) is 35.5 Å². The Bertz CT molecular complexity index is 3950. The van der Waals surface area contributed by atoms with Crippen molar-refractivity contribution in [2.45, 2.75) is 225 Å². The number of benzene rings is 1. The minimum absolute atomic E-state index is 0.00832. The highest BCUT2D eigenvalue weighted by Crippen LogP contribution is 2.55. The monoisotopic (exact) mass is 1630 g/mol. The van der Waals surface area contributed by atoms with E-state index in [4.69, 9.17) is 80.5 Å². The standard InChI is InChI=1S/C80H109N9O25S/c1-50-37-59-10-12-63-51(2)38-61(107-63)17-19-80-43-68-75(113-80)76-77(112-68)78(114-80)74-64(111-76)13-11-60(109-74)39-57(90)40-62-66(42-65(108-59)52(50)3)110-67(73(62)98-4)41-58(91)46-84-79(95)106-48-53-5-8-56(9-6-53)89(115(96,97)70-14-7-54(44-81)45-83-70)23-26-101-29-32-103-31-28-100-25-22-87-47-55(85-86-87)49-105-36-35-104-34-33-102-30-27-99-24-20-82-69(92)18-21-88-71(93)15-16-72(88)94/h5-9,14-16,45,47,50,58-68,73-78,91H,2-3,10-13,17-43,46,48-49H2,1,4H3,(H,82,92)(H,84,95)/t50-,58+,59+,60-,61+,62+,63+,64+,65-,66?,67-,68-,73-,74+,75-,76?,77-,78+,80+/m1/s1. The molecule has 19 atom stereocenters. The van der Waals surface area contributed by atoms with Crippen LogP contribution in [0.1, 0.15) is 114 Å². The lowest BCUT2D eigenvalue weighted by Gasteiger charge is -2.47. The van der Waals surface area contributed by atoms with Gasteiger partial charge >= 0.3 is 6.09 Å². The van der Waals surface area contributed by atoms with Crippen molar-refractivity contribution in [2.75, 3.05) is 123 Å². The number of alkyl carbamates (subject to hydrolysis) is 1. The van der Waals surface area contributed by atoms with Crippen LogP contribution in [0.25, 0.3) is 0 Å². The number of aliphatic hydroxyl groups is 1. The lowest BCUT2D eigenvalue weighted by molar-refractivity contribution is -0.292. The lowest BCUT2D eigenvalue weighted by atomic mass is 9.81. The van der Waals surface area contributed by atoms with Gasteiger partial charge in [-0.3, -0.25) is 28.4 Å². The number of ketones is 1. The van der Waals surface area contributed by atoms with Crippen LogP contribution in [0.15, 0.2) is 90.3 Å². The topological polar surface area (TPSA) is 395 Å². The maximum atomic E-state index is 14.6. The summed E-state index contributed by atoms with van der Waals surface area (Å²) in [7, 11) is -2.70. The smallest absolute Gasteiger partial charge is 0.407 e. The number of sulfonamides is 1. The van der Waals surface area contributed by atoms with Gasteiger partial charge in [0, 0.05) is 96.0 Å². The number of nitriles is 1. The fourth-order valence-electron chi connectivity index (χ4n) is 16.9. The number of carbonyl (C=O) groups is 5. The van der Waals surface area contributed by atoms with Crippen LogP contribution in [-0.2, 0) is 129 Å². The molecule has 1 aromatic carbocycles. The Kier molecular flexibility index (Phi) is 30.6. The van der Waals surface area contributed by atoms with Crippen molar-refractivity contribution >= 4 is 45.3 Å². The predicted octanol–water partition coefficient (Wildman–Crippen LogP) is 4.21. The van der Waals surface area contributed by atoms with E-state index in [1.807, 2.05) is 6.07 Å². The quantitative estimate of drug-likeness (QED) is 0.0409. The largest absolute Gasteiger partial charge is 0.445 e. The molecule has 2 unspecified atom stereocenters. The van der Waals surface area contributed by atoms with Gasteiger partial charge in [0.1, 0.15) is 54.7 Å². The number of rotatable bonds is 39. The summed E-state index contributed by atoms with van der Waals surface area (Å²) in [6.45, 7) is 15.3. The normalized spacial score (nSPS) is 30.6. The minimum atomic E-state index is -4.28. The van der Waals surface area contributed by atoms with Crippen molar-refractivity contribution in [1.29, 1.82) is 5.26 Å². The Balaban J connectivity index is 0.513. The fourth-order valence-corrected chi connectivity index (χ4v) is 18.3. The first-order valence-corrected chi connectivity index (χ1v) is 41.7. The van der Waals surface area contributed by atoms with Crippen LogP contribution in [-0.4, -0.2) is 291 Å². The third-order valence-corrected chi connectivity index (χ3v) is 24.6. The van der Waals surface area contributed by atoms with Crippen LogP contribution in [0.3, 0.4) is 0 Å². The van der Waals surface area contributed by atoms with Crippen molar-refractivity contribution in [2.24, 2.45) is 11.8 Å². The molecule has 0 radical (unpaired) electrons. The van der Waals surface area contributed by atoms with Crippen LogP contribution >= 0.6 is 0 Å². The van der Waals surface area contributed by atoms with Crippen LogP contribution in [0.4, 0.5) is 10.5 Å². The second kappa shape index (κ2) is 41.0. The van der Waals surface area contributed by atoms with Gasteiger partial charge in [-0.2, -0.15) is 13.7 Å². The number of hydrogen-bond donors (Lipinski definition) is 3. The summed E-state index contributed by atoms with van der Waals surface area (Å²) in [6.07, 6.45) is 5.63. The third-order valence-electron chi connectivity index (χ3n) is 22.8. The van der Waals surface area contributed by atoms with E-state index in [1.54, 1.807) is 42.3 Å². The highest BCUT2D eigenvalue weighted by molar-refractivity contribution is 7.92. The Morgan fingerprint density at radius 3 is 2.11 bits per heavy atom. The number of hydrogen-bond acceptors (Lipinski definition) is 29. The Labute approximate surface area is 669 Å². The number of carbonyl (C=O) groups excluding carboxylic acids is 5. The average Bonchev–Trinajstić information content (AvgIpc) is 1.55. The van der Waals surface area contributed by atoms with Gasteiger partial charge in [0.05, 0.1) is 190 Å². The lowest BCUT2D eigenvalue weighted by Crippen LogP contribution is -2.61. The zero-order chi connectivity index (χ0) is 80.4.